The second kappa shape index (κ2) is 16.4. The Hall–Kier alpha value is -2.70. The zero-order valence-electron chi connectivity index (χ0n) is 23.0. The maximum absolute atomic E-state index is 13.0. The molecular formula is C27H41NO10S. The van der Waals surface area contributed by atoms with Crippen molar-refractivity contribution in [3.05, 3.63) is 35.9 Å². The van der Waals surface area contributed by atoms with Crippen molar-refractivity contribution in [3.63, 3.8) is 0 Å². The molecule has 1 aromatic rings. The van der Waals surface area contributed by atoms with Crippen molar-refractivity contribution in [3.8, 4) is 0 Å². The van der Waals surface area contributed by atoms with Crippen molar-refractivity contribution in [2.24, 2.45) is 5.41 Å². The quantitative estimate of drug-likeness (QED) is 0.178. The molecule has 0 unspecified atom stereocenters. The van der Waals surface area contributed by atoms with Crippen LogP contribution in [0.5, 0.6) is 0 Å². The van der Waals surface area contributed by atoms with Gasteiger partial charge in [-0.25, -0.2) is 9.59 Å². The van der Waals surface area contributed by atoms with E-state index in [1.165, 1.54) is 6.92 Å². The van der Waals surface area contributed by atoms with Crippen LogP contribution in [0.15, 0.2) is 30.3 Å². The van der Waals surface area contributed by atoms with E-state index in [2.05, 4.69) is 5.32 Å². The van der Waals surface area contributed by atoms with Crippen LogP contribution in [-0.2, 0) is 49.4 Å². The van der Waals surface area contributed by atoms with Crippen LogP contribution in [0.25, 0.3) is 0 Å². The zero-order valence-corrected chi connectivity index (χ0v) is 23.8. The second-order valence-electron chi connectivity index (χ2n) is 10.2. The van der Waals surface area contributed by atoms with Gasteiger partial charge >= 0.3 is 12.1 Å². The highest BCUT2D eigenvalue weighted by molar-refractivity contribution is 7.86. The molecule has 12 heteroatoms. The summed E-state index contributed by atoms with van der Waals surface area (Å²) >= 11 is 0. The van der Waals surface area contributed by atoms with Crippen LogP contribution in [0.3, 0.4) is 0 Å². The molecule has 220 valence electrons. The van der Waals surface area contributed by atoms with Gasteiger partial charge in [0, 0.05) is 18.9 Å². The predicted octanol–water partition coefficient (Wildman–Crippen LogP) is 3.50. The van der Waals surface area contributed by atoms with Crippen LogP contribution >= 0.6 is 0 Å². The standard InChI is InChI=1S/C27H41NO10S/c1-21(29)28-15-10-18-39(32,33)37-20-27(2,3)24(36-19-22-11-6-4-7-12-22)25(30)34-16-17-35-26(31)38-23-13-8-5-9-14-23/h4,6-7,11-12,23-24H,5,8-10,13-20H2,1-3H3,(H,28,29)/t24-/m0/s1. The highest BCUT2D eigenvalue weighted by atomic mass is 32.2. The molecule has 2 rings (SSSR count). The Balaban J connectivity index is 1.90. The molecule has 1 aromatic carbocycles. The van der Waals surface area contributed by atoms with Gasteiger partial charge in [0.15, 0.2) is 6.10 Å². The normalized spacial score (nSPS) is 15.3. The molecule has 0 bridgehead atoms. The first-order valence-corrected chi connectivity index (χ1v) is 14.8. The van der Waals surface area contributed by atoms with Crippen LogP contribution < -0.4 is 5.32 Å². The molecule has 0 heterocycles. The van der Waals surface area contributed by atoms with Gasteiger partial charge in [-0.2, -0.15) is 8.42 Å². The molecule has 1 amide bonds. The smallest absolute Gasteiger partial charge is 0.460 e. The van der Waals surface area contributed by atoms with Gasteiger partial charge in [-0.1, -0.05) is 50.6 Å². The van der Waals surface area contributed by atoms with E-state index >= 15 is 0 Å². The third-order valence-corrected chi connectivity index (χ3v) is 7.37. The third-order valence-electron chi connectivity index (χ3n) is 6.10. The fraction of sp³-hybridized carbons (Fsp3) is 0.667. The number of carbonyl (C=O) groups excluding carboxylic acids is 3. The number of amides is 1. The van der Waals surface area contributed by atoms with Gasteiger partial charge in [0.05, 0.1) is 19.0 Å². The van der Waals surface area contributed by atoms with Crippen molar-refractivity contribution in [1.82, 2.24) is 5.32 Å². The van der Waals surface area contributed by atoms with E-state index in [1.54, 1.807) is 13.8 Å². The minimum absolute atomic E-state index is 0.0811. The van der Waals surface area contributed by atoms with E-state index in [0.29, 0.717) is 0 Å². The largest absolute Gasteiger partial charge is 0.508 e. The fourth-order valence-corrected chi connectivity index (χ4v) is 5.05. The number of nitrogens with one attached hydrogen (secondary N) is 1. The molecular weight excluding hydrogens is 530 g/mol. The number of benzene rings is 1. The molecule has 1 saturated carbocycles. The molecule has 0 spiro atoms. The van der Waals surface area contributed by atoms with Crippen molar-refractivity contribution >= 4 is 28.1 Å². The number of hydrogen-bond acceptors (Lipinski definition) is 10. The van der Waals surface area contributed by atoms with Crippen molar-refractivity contribution < 1.29 is 45.9 Å². The summed E-state index contributed by atoms with van der Waals surface area (Å²) in [5.41, 5.74) is -0.288. The van der Waals surface area contributed by atoms with Gasteiger partial charge in [0.1, 0.15) is 19.3 Å². The predicted molar refractivity (Wildman–Crippen MR) is 142 cm³/mol. The number of ether oxygens (including phenoxy) is 4. The number of carbonyl (C=O) groups is 3. The van der Waals surface area contributed by atoms with Crippen LogP contribution in [0.1, 0.15) is 64.9 Å². The molecule has 1 fully saturated rings. The fourth-order valence-electron chi connectivity index (χ4n) is 3.95. The Bertz CT molecular complexity index is 1010. The summed E-state index contributed by atoms with van der Waals surface area (Å²) < 4.78 is 51.4. The topological polar surface area (TPSA) is 144 Å². The second-order valence-corrected chi connectivity index (χ2v) is 11.9. The first-order valence-electron chi connectivity index (χ1n) is 13.3. The van der Waals surface area contributed by atoms with Crippen molar-refractivity contribution in [1.29, 1.82) is 0 Å². The molecule has 1 N–H and O–H groups in total. The zero-order chi connectivity index (χ0) is 28.7. The Morgan fingerprint density at radius 3 is 2.36 bits per heavy atom. The van der Waals surface area contributed by atoms with Crippen molar-refractivity contribution in [2.75, 3.05) is 32.1 Å². The minimum Gasteiger partial charge on any atom is -0.460 e. The van der Waals surface area contributed by atoms with E-state index in [9.17, 15) is 22.8 Å². The van der Waals surface area contributed by atoms with Gasteiger partial charge in [0.25, 0.3) is 10.1 Å². The van der Waals surface area contributed by atoms with Crippen LogP contribution in [0, 0.1) is 5.41 Å². The van der Waals surface area contributed by atoms with Crippen LogP contribution in [0.2, 0.25) is 0 Å². The highest BCUT2D eigenvalue weighted by Gasteiger charge is 2.39. The maximum atomic E-state index is 13.0. The van der Waals surface area contributed by atoms with E-state index in [-0.39, 0.29) is 57.2 Å². The molecule has 1 atom stereocenters. The minimum atomic E-state index is -3.91. The van der Waals surface area contributed by atoms with Gasteiger partial charge in [0.2, 0.25) is 5.91 Å². The lowest BCUT2D eigenvalue weighted by atomic mass is 9.87. The first-order chi connectivity index (χ1) is 18.5. The Labute approximate surface area is 231 Å². The third kappa shape index (κ3) is 13.3. The monoisotopic (exact) mass is 571 g/mol. The average Bonchev–Trinajstić information content (AvgIpc) is 2.89. The molecule has 0 aromatic heterocycles. The summed E-state index contributed by atoms with van der Waals surface area (Å²) in [6.45, 7) is 4.14. The van der Waals surface area contributed by atoms with Gasteiger partial charge in [-0.15, -0.1) is 0 Å². The van der Waals surface area contributed by atoms with Crippen LogP contribution in [0.4, 0.5) is 4.79 Å². The SMILES string of the molecule is CC(=O)NCCCS(=O)(=O)OCC(C)(C)[C@@H](OCc1ccccc1)C(=O)OCCOC(=O)OC1CCCCC1. The molecule has 1 aliphatic rings. The molecule has 39 heavy (non-hydrogen) atoms. The lowest BCUT2D eigenvalue weighted by molar-refractivity contribution is -0.170. The Morgan fingerprint density at radius 1 is 1.03 bits per heavy atom. The van der Waals surface area contributed by atoms with E-state index in [4.69, 9.17) is 23.1 Å². The first kappa shape index (κ1) is 32.5. The number of rotatable bonds is 16. The van der Waals surface area contributed by atoms with E-state index < -0.39 is 33.8 Å². The molecule has 0 aliphatic heterocycles. The molecule has 0 saturated heterocycles. The molecule has 0 radical (unpaired) electrons. The van der Waals surface area contributed by atoms with Crippen molar-refractivity contribution in [2.45, 2.75) is 78.1 Å². The highest BCUT2D eigenvalue weighted by Crippen LogP contribution is 2.27. The number of esters is 1. The summed E-state index contributed by atoms with van der Waals surface area (Å²) in [4.78, 5) is 35.9. The van der Waals surface area contributed by atoms with Crippen LogP contribution in [-0.4, -0.2) is 70.8 Å². The van der Waals surface area contributed by atoms with E-state index in [1.807, 2.05) is 30.3 Å². The summed E-state index contributed by atoms with van der Waals surface area (Å²) in [7, 11) is -3.91. The number of hydrogen-bond donors (Lipinski definition) is 1. The maximum Gasteiger partial charge on any atom is 0.508 e. The average molecular weight is 572 g/mol. The molecule has 1 aliphatic carbocycles. The Morgan fingerprint density at radius 2 is 1.69 bits per heavy atom. The summed E-state index contributed by atoms with van der Waals surface area (Å²) in [5.74, 6) is -1.29. The van der Waals surface area contributed by atoms with Gasteiger partial charge in [-0.3, -0.25) is 8.98 Å². The Kier molecular flexibility index (Phi) is 13.7. The van der Waals surface area contributed by atoms with E-state index in [0.717, 1.165) is 37.7 Å². The lowest BCUT2D eigenvalue weighted by Gasteiger charge is -2.32. The summed E-state index contributed by atoms with van der Waals surface area (Å²) in [6.07, 6.45) is 2.83. The summed E-state index contributed by atoms with van der Waals surface area (Å²) in [6, 6.07) is 9.17. The summed E-state index contributed by atoms with van der Waals surface area (Å²) in [5, 5.41) is 2.53. The van der Waals surface area contributed by atoms with Gasteiger partial charge < -0.3 is 24.3 Å². The molecule has 11 nitrogen and oxygen atoms in total. The van der Waals surface area contributed by atoms with Gasteiger partial charge in [-0.05, 0) is 37.7 Å². The lowest BCUT2D eigenvalue weighted by Crippen LogP contribution is -2.44.